The van der Waals surface area contributed by atoms with Crippen molar-refractivity contribution in [3.8, 4) is 17.2 Å². The molecule has 3 aromatic carbocycles. The van der Waals surface area contributed by atoms with E-state index in [1.807, 2.05) is 0 Å². The van der Waals surface area contributed by atoms with Crippen molar-refractivity contribution in [3.05, 3.63) is 76.8 Å². The zero-order valence-corrected chi connectivity index (χ0v) is 20.0. The van der Waals surface area contributed by atoms with Gasteiger partial charge in [0.25, 0.3) is 11.8 Å². The number of rotatable bonds is 9. The molecule has 0 aliphatic heterocycles. The lowest BCUT2D eigenvalue weighted by atomic mass is 10.1. The smallest absolute Gasteiger partial charge is 0.340 e. The van der Waals surface area contributed by atoms with Crippen LogP contribution in [0.4, 0.5) is 11.4 Å². The average molecular weight is 499 g/mol. The van der Waals surface area contributed by atoms with E-state index in [0.29, 0.717) is 11.4 Å². The summed E-state index contributed by atoms with van der Waals surface area (Å²) in [5.41, 5.74) is 0.730. The number of carbonyl (C=O) groups is 3. The van der Waals surface area contributed by atoms with E-state index < -0.39 is 24.4 Å². The molecule has 0 heterocycles. The van der Waals surface area contributed by atoms with Gasteiger partial charge in [0.15, 0.2) is 18.1 Å². The van der Waals surface area contributed by atoms with E-state index in [9.17, 15) is 14.4 Å². The highest BCUT2D eigenvalue weighted by Gasteiger charge is 2.22. The van der Waals surface area contributed by atoms with Gasteiger partial charge in [0.05, 0.1) is 43.2 Å². The highest BCUT2D eigenvalue weighted by molar-refractivity contribution is 6.34. The molecular formula is C25H23ClN2O7. The van der Waals surface area contributed by atoms with Crippen molar-refractivity contribution >= 4 is 40.8 Å². The fourth-order valence-corrected chi connectivity index (χ4v) is 3.31. The lowest BCUT2D eigenvalue weighted by Crippen LogP contribution is -2.22. The lowest BCUT2D eigenvalue weighted by Gasteiger charge is -2.15. The fraction of sp³-hybridized carbons (Fsp3) is 0.160. The van der Waals surface area contributed by atoms with Crippen LogP contribution in [0.25, 0.3) is 0 Å². The van der Waals surface area contributed by atoms with Crippen molar-refractivity contribution in [1.29, 1.82) is 0 Å². The molecule has 0 saturated carbocycles. The second-order valence-electron chi connectivity index (χ2n) is 7.04. The Hall–Kier alpha value is -4.24. The van der Waals surface area contributed by atoms with Crippen LogP contribution in [0.5, 0.6) is 17.2 Å². The van der Waals surface area contributed by atoms with Gasteiger partial charge in [-0.1, -0.05) is 29.8 Å². The second kappa shape index (κ2) is 11.8. The summed E-state index contributed by atoms with van der Waals surface area (Å²) in [6, 6.07) is 15.9. The lowest BCUT2D eigenvalue weighted by molar-refractivity contribution is -0.119. The topological polar surface area (TPSA) is 112 Å². The Kier molecular flexibility index (Phi) is 8.53. The first-order valence-corrected chi connectivity index (χ1v) is 10.7. The summed E-state index contributed by atoms with van der Waals surface area (Å²) in [5.74, 6) is -0.906. The first-order chi connectivity index (χ1) is 16.9. The van der Waals surface area contributed by atoms with Crippen molar-refractivity contribution in [2.45, 2.75) is 0 Å². The molecule has 3 aromatic rings. The molecule has 0 unspecified atom stereocenters. The minimum absolute atomic E-state index is 0.0442. The normalized spacial score (nSPS) is 10.2. The molecule has 2 N–H and O–H groups in total. The largest absolute Gasteiger partial charge is 0.497 e. The molecule has 2 amide bonds. The molecule has 0 aliphatic carbocycles. The molecule has 0 bridgehead atoms. The van der Waals surface area contributed by atoms with Gasteiger partial charge < -0.3 is 29.6 Å². The van der Waals surface area contributed by atoms with E-state index in [1.54, 1.807) is 48.5 Å². The molecule has 0 fully saturated rings. The van der Waals surface area contributed by atoms with E-state index >= 15 is 0 Å². The quantitative estimate of drug-likeness (QED) is 0.420. The summed E-state index contributed by atoms with van der Waals surface area (Å²) in [6.07, 6.45) is 0. The molecule has 0 aromatic heterocycles. The standard InChI is InChI=1S/C25H23ClN2O7/c1-32-16-8-6-7-15(11-16)27-23(29)14-35-25(31)18-12-21(33-2)22(34-3)13-20(18)28-24(30)17-9-4-5-10-19(17)26/h4-13H,14H2,1-3H3,(H,27,29)(H,28,30). The molecule has 3 rings (SSSR count). The van der Waals surface area contributed by atoms with Gasteiger partial charge >= 0.3 is 5.97 Å². The number of hydrogen-bond acceptors (Lipinski definition) is 7. The maximum atomic E-state index is 12.9. The third-order valence-corrected chi connectivity index (χ3v) is 5.13. The Balaban J connectivity index is 1.79. The van der Waals surface area contributed by atoms with Crippen LogP contribution < -0.4 is 24.8 Å². The number of nitrogens with one attached hydrogen (secondary N) is 2. The Morgan fingerprint density at radius 2 is 1.51 bits per heavy atom. The van der Waals surface area contributed by atoms with Crippen molar-refractivity contribution in [2.24, 2.45) is 0 Å². The summed E-state index contributed by atoms with van der Waals surface area (Å²) in [4.78, 5) is 38.0. The number of halogens is 1. The number of benzene rings is 3. The third kappa shape index (κ3) is 6.42. The summed E-state index contributed by atoms with van der Waals surface area (Å²) in [5, 5.41) is 5.49. The van der Waals surface area contributed by atoms with Crippen LogP contribution >= 0.6 is 11.6 Å². The van der Waals surface area contributed by atoms with Gasteiger partial charge in [0, 0.05) is 23.9 Å². The van der Waals surface area contributed by atoms with E-state index in [4.69, 9.17) is 30.5 Å². The minimum Gasteiger partial charge on any atom is -0.497 e. The maximum Gasteiger partial charge on any atom is 0.340 e. The summed E-state index contributed by atoms with van der Waals surface area (Å²) in [6.45, 7) is -0.567. The van der Waals surface area contributed by atoms with Gasteiger partial charge in [0.2, 0.25) is 0 Å². The van der Waals surface area contributed by atoms with Crippen LogP contribution in [-0.2, 0) is 9.53 Å². The Bertz CT molecular complexity index is 1250. The van der Waals surface area contributed by atoms with E-state index in [0.717, 1.165) is 0 Å². The van der Waals surface area contributed by atoms with E-state index in [1.165, 1.54) is 33.5 Å². The van der Waals surface area contributed by atoms with Gasteiger partial charge in [-0.15, -0.1) is 0 Å². The molecule has 0 aliphatic rings. The molecule has 10 heteroatoms. The van der Waals surface area contributed by atoms with Crippen LogP contribution in [-0.4, -0.2) is 45.7 Å². The monoisotopic (exact) mass is 498 g/mol. The number of amides is 2. The Labute approximate surface area is 206 Å². The van der Waals surface area contributed by atoms with Gasteiger partial charge in [0.1, 0.15) is 5.75 Å². The highest BCUT2D eigenvalue weighted by atomic mass is 35.5. The van der Waals surface area contributed by atoms with Crippen molar-refractivity contribution in [2.75, 3.05) is 38.6 Å². The molecule has 0 radical (unpaired) electrons. The highest BCUT2D eigenvalue weighted by Crippen LogP contribution is 2.34. The van der Waals surface area contributed by atoms with Crippen molar-refractivity contribution in [3.63, 3.8) is 0 Å². The second-order valence-corrected chi connectivity index (χ2v) is 7.45. The average Bonchev–Trinajstić information content (AvgIpc) is 2.87. The SMILES string of the molecule is COc1cccc(NC(=O)COC(=O)c2cc(OC)c(OC)cc2NC(=O)c2ccccc2Cl)c1. The first-order valence-electron chi connectivity index (χ1n) is 10.3. The predicted octanol–water partition coefficient (Wildman–Crippen LogP) is 4.41. The van der Waals surface area contributed by atoms with E-state index in [2.05, 4.69) is 10.6 Å². The van der Waals surface area contributed by atoms with E-state index in [-0.39, 0.29) is 33.3 Å². The van der Waals surface area contributed by atoms with Crippen LogP contribution in [0.1, 0.15) is 20.7 Å². The Morgan fingerprint density at radius 3 is 2.20 bits per heavy atom. The number of carbonyl (C=O) groups excluding carboxylic acids is 3. The van der Waals surface area contributed by atoms with Crippen LogP contribution in [0.3, 0.4) is 0 Å². The molecular weight excluding hydrogens is 476 g/mol. The number of ether oxygens (including phenoxy) is 4. The number of hydrogen-bond donors (Lipinski definition) is 2. The van der Waals surface area contributed by atoms with Gasteiger partial charge in [-0.25, -0.2) is 4.79 Å². The summed E-state index contributed by atoms with van der Waals surface area (Å²) < 4.78 is 20.8. The zero-order chi connectivity index (χ0) is 25.4. The molecule has 9 nitrogen and oxygen atoms in total. The fourth-order valence-electron chi connectivity index (χ4n) is 3.09. The molecule has 0 spiro atoms. The summed E-state index contributed by atoms with van der Waals surface area (Å²) >= 11 is 6.11. The molecule has 0 atom stereocenters. The van der Waals surface area contributed by atoms with Crippen LogP contribution in [0, 0.1) is 0 Å². The van der Waals surface area contributed by atoms with Gasteiger partial charge in [-0.2, -0.15) is 0 Å². The predicted molar refractivity (Wildman–Crippen MR) is 131 cm³/mol. The number of esters is 1. The van der Waals surface area contributed by atoms with Crippen LogP contribution in [0.2, 0.25) is 5.02 Å². The molecule has 0 saturated heterocycles. The van der Waals surface area contributed by atoms with Crippen LogP contribution in [0.15, 0.2) is 60.7 Å². The first kappa shape index (κ1) is 25.4. The minimum atomic E-state index is -0.860. The Morgan fingerprint density at radius 1 is 0.800 bits per heavy atom. The van der Waals surface area contributed by atoms with Gasteiger partial charge in [-0.05, 0) is 24.3 Å². The number of anilines is 2. The summed E-state index contributed by atoms with van der Waals surface area (Å²) in [7, 11) is 4.32. The molecule has 35 heavy (non-hydrogen) atoms. The van der Waals surface area contributed by atoms with Gasteiger partial charge in [-0.3, -0.25) is 9.59 Å². The van der Waals surface area contributed by atoms with Crippen molar-refractivity contribution < 1.29 is 33.3 Å². The van der Waals surface area contributed by atoms with Crippen molar-refractivity contribution in [1.82, 2.24) is 0 Å². The number of methoxy groups -OCH3 is 3. The third-order valence-electron chi connectivity index (χ3n) is 4.80. The maximum absolute atomic E-state index is 12.9. The molecule has 182 valence electrons. The zero-order valence-electron chi connectivity index (χ0n) is 19.2.